The number of halogens is 2. The van der Waals surface area contributed by atoms with E-state index >= 15 is 0 Å². The number of nitrogens with zero attached hydrogens (tertiary/aromatic N) is 1. The minimum absolute atomic E-state index is 0.0747. The normalized spacial score (nSPS) is 14.8. The molecule has 0 bridgehead atoms. The van der Waals surface area contributed by atoms with Crippen molar-refractivity contribution in [3.05, 3.63) is 57.1 Å². The number of rotatable bonds is 11. The smallest absolute Gasteiger partial charge is 0.331 e. The van der Waals surface area contributed by atoms with Crippen molar-refractivity contribution in [2.75, 3.05) is 19.8 Å². The number of amides is 4. The zero-order valence-electron chi connectivity index (χ0n) is 20.4. The Labute approximate surface area is 220 Å². The molecule has 2 aromatic rings. The van der Waals surface area contributed by atoms with E-state index in [2.05, 4.69) is 5.32 Å². The Morgan fingerprint density at radius 1 is 0.889 bits per heavy atom. The molecule has 0 spiro atoms. The lowest BCUT2D eigenvalue weighted by molar-refractivity contribution is -0.130. The number of carbonyl (C=O) groups excluding carboxylic acids is 3. The van der Waals surface area contributed by atoms with E-state index in [1.807, 2.05) is 20.8 Å². The summed E-state index contributed by atoms with van der Waals surface area (Å²) in [7, 11) is 0. The summed E-state index contributed by atoms with van der Waals surface area (Å²) >= 11 is 12.6. The zero-order chi connectivity index (χ0) is 26.2. The number of carbonyl (C=O) groups is 3. The van der Waals surface area contributed by atoms with Crippen LogP contribution in [-0.4, -0.2) is 42.6 Å². The predicted molar refractivity (Wildman–Crippen MR) is 138 cm³/mol. The third-order valence-electron chi connectivity index (χ3n) is 5.08. The van der Waals surface area contributed by atoms with E-state index in [9.17, 15) is 14.4 Å². The molecular formula is C26H28Cl2N2O6. The van der Waals surface area contributed by atoms with Gasteiger partial charge >= 0.3 is 6.03 Å². The second-order valence-corrected chi connectivity index (χ2v) is 8.75. The van der Waals surface area contributed by atoms with Gasteiger partial charge in [-0.15, -0.1) is 0 Å². The SMILES string of the molecule is CCCOc1ccc(CN2C(=O)NC(=O)/C(=C\c3cc(Cl)c(OCCC)c(Cl)c3)C2=O)cc1OCC. The molecule has 0 unspecified atom stereocenters. The molecule has 1 heterocycles. The van der Waals surface area contributed by atoms with Gasteiger partial charge in [0.2, 0.25) is 0 Å². The lowest BCUT2D eigenvalue weighted by Crippen LogP contribution is -2.53. The van der Waals surface area contributed by atoms with Crippen molar-refractivity contribution in [2.45, 2.75) is 40.2 Å². The van der Waals surface area contributed by atoms with Crippen molar-refractivity contribution in [3.63, 3.8) is 0 Å². The lowest BCUT2D eigenvalue weighted by Gasteiger charge is -2.26. The fraction of sp³-hybridized carbons (Fsp3) is 0.346. The number of benzene rings is 2. The Bertz CT molecular complexity index is 1160. The monoisotopic (exact) mass is 534 g/mol. The largest absolute Gasteiger partial charge is 0.490 e. The molecule has 0 atom stereocenters. The first-order valence-corrected chi connectivity index (χ1v) is 12.4. The van der Waals surface area contributed by atoms with Gasteiger partial charge in [0.05, 0.1) is 36.4 Å². The van der Waals surface area contributed by atoms with Crippen molar-refractivity contribution in [1.29, 1.82) is 0 Å². The number of urea groups is 1. The van der Waals surface area contributed by atoms with Crippen LogP contribution in [0.5, 0.6) is 17.2 Å². The minimum Gasteiger partial charge on any atom is -0.490 e. The molecule has 0 radical (unpaired) electrons. The lowest BCUT2D eigenvalue weighted by atomic mass is 10.1. The van der Waals surface area contributed by atoms with Crippen molar-refractivity contribution in [1.82, 2.24) is 10.2 Å². The topological polar surface area (TPSA) is 94.2 Å². The summed E-state index contributed by atoms with van der Waals surface area (Å²) < 4.78 is 16.9. The van der Waals surface area contributed by atoms with Crippen LogP contribution in [0.4, 0.5) is 4.79 Å². The number of imide groups is 2. The number of barbiturate groups is 1. The highest BCUT2D eigenvalue weighted by Crippen LogP contribution is 2.35. The van der Waals surface area contributed by atoms with Crippen molar-refractivity contribution in [2.24, 2.45) is 0 Å². The summed E-state index contributed by atoms with van der Waals surface area (Å²) in [5, 5.41) is 2.70. The average molecular weight is 535 g/mol. The molecule has 2 aromatic carbocycles. The van der Waals surface area contributed by atoms with Crippen molar-refractivity contribution in [3.8, 4) is 17.2 Å². The van der Waals surface area contributed by atoms with Crippen molar-refractivity contribution >= 4 is 47.1 Å². The summed E-state index contributed by atoms with van der Waals surface area (Å²) in [6, 6.07) is 7.44. The van der Waals surface area contributed by atoms with Crippen LogP contribution in [0.1, 0.15) is 44.7 Å². The molecule has 10 heteroatoms. The fourth-order valence-corrected chi connectivity index (χ4v) is 4.06. The second-order valence-electron chi connectivity index (χ2n) is 7.93. The first kappa shape index (κ1) is 27.4. The van der Waals surface area contributed by atoms with Crippen molar-refractivity contribution < 1.29 is 28.6 Å². The van der Waals surface area contributed by atoms with Gasteiger partial charge in [-0.3, -0.25) is 19.8 Å². The van der Waals surface area contributed by atoms with Gasteiger partial charge in [0, 0.05) is 0 Å². The Morgan fingerprint density at radius 3 is 2.19 bits per heavy atom. The maximum absolute atomic E-state index is 13.2. The van der Waals surface area contributed by atoms with Gasteiger partial charge in [0.25, 0.3) is 11.8 Å². The van der Waals surface area contributed by atoms with E-state index in [0.717, 1.165) is 17.7 Å². The molecule has 1 saturated heterocycles. The first-order valence-electron chi connectivity index (χ1n) is 11.7. The molecule has 1 fully saturated rings. The molecule has 1 aliphatic rings. The Morgan fingerprint density at radius 2 is 1.56 bits per heavy atom. The molecular weight excluding hydrogens is 507 g/mol. The molecule has 0 aromatic heterocycles. The molecule has 0 aliphatic carbocycles. The quantitative estimate of drug-likeness (QED) is 0.296. The fourth-order valence-electron chi connectivity index (χ4n) is 3.44. The molecule has 1 aliphatic heterocycles. The Balaban J connectivity index is 1.87. The van der Waals surface area contributed by atoms with E-state index in [4.69, 9.17) is 37.4 Å². The summed E-state index contributed by atoms with van der Waals surface area (Å²) in [6.45, 7) is 7.11. The standard InChI is InChI=1S/C26H28Cl2N2O6/c1-4-9-35-21-8-7-16(14-22(21)34-6-3)15-30-25(32)18(24(31)29-26(30)33)11-17-12-19(27)23(20(28)13-17)36-10-5-2/h7-8,11-14H,4-6,9-10,15H2,1-3H3,(H,29,31,33)/b18-11+. The molecule has 192 valence electrons. The Kier molecular flexibility index (Phi) is 9.61. The van der Waals surface area contributed by atoms with Crippen LogP contribution in [0.25, 0.3) is 6.08 Å². The summed E-state index contributed by atoms with van der Waals surface area (Å²) in [4.78, 5) is 39.2. The predicted octanol–water partition coefficient (Wildman–Crippen LogP) is 5.63. The van der Waals surface area contributed by atoms with E-state index in [0.29, 0.717) is 48.2 Å². The van der Waals surface area contributed by atoms with E-state index in [-0.39, 0.29) is 22.2 Å². The van der Waals surface area contributed by atoms with E-state index in [1.54, 1.807) is 18.2 Å². The summed E-state index contributed by atoms with van der Waals surface area (Å²) in [5.41, 5.74) is 0.817. The van der Waals surface area contributed by atoms with Crippen LogP contribution < -0.4 is 19.5 Å². The molecule has 8 nitrogen and oxygen atoms in total. The molecule has 3 rings (SSSR count). The minimum atomic E-state index is -0.814. The van der Waals surface area contributed by atoms with Crippen LogP contribution in [0, 0.1) is 0 Å². The number of hydrogen-bond acceptors (Lipinski definition) is 6. The summed E-state index contributed by atoms with van der Waals surface area (Å²) in [6.07, 6.45) is 2.95. The van der Waals surface area contributed by atoms with Gasteiger partial charge in [-0.05, 0) is 61.2 Å². The highest BCUT2D eigenvalue weighted by atomic mass is 35.5. The van der Waals surface area contributed by atoms with Crippen LogP contribution in [0.3, 0.4) is 0 Å². The van der Waals surface area contributed by atoms with Gasteiger partial charge in [-0.25, -0.2) is 4.79 Å². The highest BCUT2D eigenvalue weighted by molar-refractivity contribution is 6.37. The highest BCUT2D eigenvalue weighted by Gasteiger charge is 2.36. The van der Waals surface area contributed by atoms with Gasteiger partial charge < -0.3 is 14.2 Å². The zero-order valence-corrected chi connectivity index (χ0v) is 21.9. The third kappa shape index (κ3) is 6.50. The molecule has 36 heavy (non-hydrogen) atoms. The first-order chi connectivity index (χ1) is 17.3. The third-order valence-corrected chi connectivity index (χ3v) is 5.64. The maximum Gasteiger partial charge on any atom is 0.331 e. The van der Waals surface area contributed by atoms with Gasteiger partial charge in [0.1, 0.15) is 5.57 Å². The second kappa shape index (κ2) is 12.6. The molecule has 1 N–H and O–H groups in total. The average Bonchev–Trinajstić information content (AvgIpc) is 2.83. The number of nitrogens with one attached hydrogen (secondary N) is 1. The van der Waals surface area contributed by atoms with Crippen LogP contribution in [0.2, 0.25) is 10.0 Å². The Hall–Kier alpha value is -3.23. The van der Waals surface area contributed by atoms with Crippen LogP contribution >= 0.6 is 23.2 Å². The number of ether oxygens (including phenoxy) is 3. The van der Waals surface area contributed by atoms with Crippen LogP contribution in [-0.2, 0) is 16.1 Å². The van der Waals surface area contributed by atoms with E-state index in [1.165, 1.54) is 18.2 Å². The molecule has 4 amide bonds. The number of hydrogen-bond donors (Lipinski definition) is 1. The van der Waals surface area contributed by atoms with Gasteiger partial charge in [0.15, 0.2) is 17.2 Å². The van der Waals surface area contributed by atoms with E-state index < -0.39 is 17.8 Å². The van der Waals surface area contributed by atoms with Crippen LogP contribution in [0.15, 0.2) is 35.9 Å². The van der Waals surface area contributed by atoms with Gasteiger partial charge in [-0.2, -0.15) is 0 Å². The summed E-state index contributed by atoms with van der Waals surface area (Å²) in [5.74, 6) is -0.137. The maximum atomic E-state index is 13.2. The van der Waals surface area contributed by atoms with Gasteiger partial charge in [-0.1, -0.05) is 43.1 Å². The molecule has 0 saturated carbocycles.